The van der Waals surface area contributed by atoms with E-state index in [-0.39, 0.29) is 4.21 Å². The molecule has 5 nitrogen and oxygen atoms in total. The van der Waals surface area contributed by atoms with Gasteiger partial charge in [0, 0.05) is 6.54 Å². The van der Waals surface area contributed by atoms with E-state index in [0.717, 1.165) is 16.9 Å². The lowest BCUT2D eigenvalue weighted by Crippen LogP contribution is -2.39. The van der Waals surface area contributed by atoms with Gasteiger partial charge < -0.3 is 5.32 Å². The highest BCUT2D eigenvalue weighted by Crippen LogP contribution is 2.25. The zero-order valence-corrected chi connectivity index (χ0v) is 13.3. The Morgan fingerprint density at radius 3 is 2.48 bits per heavy atom. The average molecular weight is 345 g/mol. The van der Waals surface area contributed by atoms with Crippen LogP contribution in [-0.4, -0.2) is 21.0 Å². The van der Waals surface area contributed by atoms with Gasteiger partial charge in [-0.3, -0.25) is 0 Å². The Morgan fingerprint density at radius 2 is 1.86 bits per heavy atom. The van der Waals surface area contributed by atoms with Gasteiger partial charge >= 0.3 is 6.03 Å². The molecule has 2 rings (SSSR count). The van der Waals surface area contributed by atoms with Crippen LogP contribution in [-0.2, 0) is 16.4 Å². The van der Waals surface area contributed by atoms with Crippen LogP contribution in [0.5, 0.6) is 0 Å². The third-order valence-electron chi connectivity index (χ3n) is 2.58. The molecule has 0 fully saturated rings. The van der Waals surface area contributed by atoms with Gasteiger partial charge in [-0.1, -0.05) is 41.9 Å². The Balaban J connectivity index is 1.84. The van der Waals surface area contributed by atoms with E-state index in [4.69, 9.17) is 11.6 Å². The van der Waals surface area contributed by atoms with Gasteiger partial charge in [-0.25, -0.2) is 17.9 Å². The number of rotatable bonds is 5. The smallest absolute Gasteiger partial charge is 0.328 e. The van der Waals surface area contributed by atoms with Gasteiger partial charge in [-0.15, -0.1) is 11.3 Å². The molecule has 2 N–H and O–H groups in total. The first-order valence-corrected chi connectivity index (χ1v) is 8.75. The van der Waals surface area contributed by atoms with Crippen molar-refractivity contribution in [3.05, 3.63) is 52.4 Å². The van der Waals surface area contributed by atoms with Gasteiger partial charge in [0.2, 0.25) is 0 Å². The summed E-state index contributed by atoms with van der Waals surface area (Å²) in [4.78, 5) is 11.6. The van der Waals surface area contributed by atoms with Crippen molar-refractivity contribution in [3.63, 3.8) is 0 Å². The van der Waals surface area contributed by atoms with Gasteiger partial charge in [-0.05, 0) is 24.1 Å². The van der Waals surface area contributed by atoms with Crippen LogP contribution in [0.25, 0.3) is 0 Å². The summed E-state index contributed by atoms with van der Waals surface area (Å²) in [5.74, 6) is 0. The molecule has 0 atom stereocenters. The number of urea groups is 1. The minimum Gasteiger partial charge on any atom is -0.337 e. The minimum atomic E-state index is -3.86. The van der Waals surface area contributed by atoms with E-state index in [1.165, 1.54) is 12.1 Å². The maximum Gasteiger partial charge on any atom is 0.328 e. The van der Waals surface area contributed by atoms with Crippen LogP contribution in [0.1, 0.15) is 5.56 Å². The van der Waals surface area contributed by atoms with Gasteiger partial charge in [0.05, 0.1) is 4.34 Å². The van der Waals surface area contributed by atoms with Crippen molar-refractivity contribution in [2.24, 2.45) is 0 Å². The first-order valence-electron chi connectivity index (χ1n) is 6.07. The third-order valence-corrected chi connectivity index (χ3v) is 5.64. The second-order valence-electron chi connectivity index (χ2n) is 4.16. The largest absolute Gasteiger partial charge is 0.337 e. The van der Waals surface area contributed by atoms with Crippen LogP contribution in [0.15, 0.2) is 46.7 Å². The molecule has 0 saturated carbocycles. The van der Waals surface area contributed by atoms with Crippen LogP contribution in [0.2, 0.25) is 4.34 Å². The van der Waals surface area contributed by atoms with E-state index in [1.807, 2.05) is 35.1 Å². The Morgan fingerprint density at radius 1 is 1.14 bits per heavy atom. The highest BCUT2D eigenvalue weighted by Gasteiger charge is 2.19. The number of benzene rings is 1. The number of thiophene rings is 1. The molecule has 0 unspecified atom stereocenters. The Kier molecular flexibility index (Phi) is 5.22. The normalized spacial score (nSPS) is 11.1. The van der Waals surface area contributed by atoms with E-state index < -0.39 is 16.1 Å². The highest BCUT2D eigenvalue weighted by atomic mass is 35.5. The Hall–Kier alpha value is -1.57. The fraction of sp³-hybridized carbons (Fsp3) is 0.154. The molecule has 2 aromatic rings. The van der Waals surface area contributed by atoms with Crippen LogP contribution in [0, 0.1) is 0 Å². The van der Waals surface area contributed by atoms with Gasteiger partial charge in [0.15, 0.2) is 0 Å². The summed E-state index contributed by atoms with van der Waals surface area (Å²) < 4.78 is 26.0. The van der Waals surface area contributed by atoms with Crippen molar-refractivity contribution in [1.29, 1.82) is 0 Å². The predicted octanol–water partition coefficient (Wildman–Crippen LogP) is 2.63. The number of halogens is 1. The van der Waals surface area contributed by atoms with Gasteiger partial charge in [-0.2, -0.15) is 0 Å². The number of nitrogens with one attached hydrogen (secondary N) is 2. The summed E-state index contributed by atoms with van der Waals surface area (Å²) in [6.45, 7) is 0.344. The maximum absolute atomic E-state index is 11.9. The summed E-state index contributed by atoms with van der Waals surface area (Å²) in [7, 11) is -3.86. The number of hydrogen-bond acceptors (Lipinski definition) is 4. The maximum atomic E-state index is 11.9. The molecule has 112 valence electrons. The molecular weight excluding hydrogens is 332 g/mol. The number of amides is 2. The van der Waals surface area contributed by atoms with Crippen molar-refractivity contribution in [2.75, 3.05) is 6.54 Å². The lowest BCUT2D eigenvalue weighted by molar-refractivity contribution is 0.246. The van der Waals surface area contributed by atoms with E-state index in [0.29, 0.717) is 17.3 Å². The molecule has 1 aromatic carbocycles. The summed E-state index contributed by atoms with van der Waals surface area (Å²) in [6, 6.07) is 11.6. The van der Waals surface area contributed by atoms with Crippen molar-refractivity contribution in [2.45, 2.75) is 10.6 Å². The molecule has 0 aliphatic heterocycles. The molecule has 2 amide bonds. The topological polar surface area (TPSA) is 75.3 Å². The fourth-order valence-electron chi connectivity index (χ4n) is 1.62. The lowest BCUT2D eigenvalue weighted by atomic mass is 10.1. The first kappa shape index (κ1) is 15.8. The third kappa shape index (κ3) is 4.73. The molecule has 0 radical (unpaired) electrons. The molecule has 0 spiro atoms. The number of carbonyl (C=O) groups excluding carboxylic acids is 1. The molecule has 1 aromatic heterocycles. The van der Waals surface area contributed by atoms with Crippen molar-refractivity contribution in [3.8, 4) is 0 Å². The predicted molar refractivity (Wildman–Crippen MR) is 83.2 cm³/mol. The first-order chi connectivity index (χ1) is 9.97. The molecule has 0 aliphatic carbocycles. The second kappa shape index (κ2) is 6.93. The molecule has 0 aliphatic rings. The molecule has 8 heteroatoms. The Labute approximate surface area is 132 Å². The standard InChI is InChI=1S/C13H13ClN2O3S2/c14-11-6-7-12(20-11)21(18,19)16-13(17)15-9-8-10-4-2-1-3-5-10/h1-7H,8-9H2,(H2,15,16,17). The van der Waals surface area contributed by atoms with E-state index in [1.54, 1.807) is 0 Å². The number of carbonyl (C=O) groups is 1. The lowest BCUT2D eigenvalue weighted by Gasteiger charge is -2.07. The monoisotopic (exact) mass is 344 g/mol. The second-order valence-corrected chi connectivity index (χ2v) is 7.78. The van der Waals surface area contributed by atoms with E-state index >= 15 is 0 Å². The Bertz CT molecular complexity index is 714. The van der Waals surface area contributed by atoms with Crippen LogP contribution in [0.4, 0.5) is 4.79 Å². The summed E-state index contributed by atoms with van der Waals surface area (Å²) >= 11 is 6.57. The van der Waals surface area contributed by atoms with Crippen molar-refractivity contribution >= 4 is 39.0 Å². The highest BCUT2D eigenvalue weighted by molar-refractivity contribution is 7.92. The molecule has 1 heterocycles. The zero-order chi connectivity index (χ0) is 15.3. The van der Waals surface area contributed by atoms with Crippen LogP contribution < -0.4 is 10.0 Å². The minimum absolute atomic E-state index is 0.00529. The molecule has 21 heavy (non-hydrogen) atoms. The molecule has 0 saturated heterocycles. The van der Waals surface area contributed by atoms with E-state index in [2.05, 4.69) is 5.32 Å². The van der Waals surface area contributed by atoms with Crippen LogP contribution in [0.3, 0.4) is 0 Å². The van der Waals surface area contributed by atoms with E-state index in [9.17, 15) is 13.2 Å². The SMILES string of the molecule is O=C(NCCc1ccccc1)NS(=O)(=O)c1ccc(Cl)s1. The van der Waals surface area contributed by atoms with Crippen LogP contribution >= 0.6 is 22.9 Å². The average Bonchev–Trinajstić information content (AvgIpc) is 2.87. The summed E-state index contributed by atoms with van der Waals surface area (Å²) in [6.07, 6.45) is 0.624. The van der Waals surface area contributed by atoms with Crippen molar-refractivity contribution in [1.82, 2.24) is 10.0 Å². The number of sulfonamides is 1. The van der Waals surface area contributed by atoms with Crippen molar-refractivity contribution < 1.29 is 13.2 Å². The van der Waals surface area contributed by atoms with Gasteiger partial charge in [0.1, 0.15) is 4.21 Å². The summed E-state index contributed by atoms with van der Waals surface area (Å²) in [5.41, 5.74) is 1.06. The summed E-state index contributed by atoms with van der Waals surface area (Å²) in [5, 5.41) is 2.51. The molecular formula is C13H13ClN2O3S2. The quantitative estimate of drug-likeness (QED) is 0.875. The zero-order valence-electron chi connectivity index (χ0n) is 10.9. The van der Waals surface area contributed by atoms with Gasteiger partial charge in [0.25, 0.3) is 10.0 Å². The number of hydrogen-bond donors (Lipinski definition) is 2. The fourth-order valence-corrected chi connectivity index (χ4v) is 4.03. The molecule has 0 bridgehead atoms.